The van der Waals surface area contributed by atoms with E-state index < -0.39 is 11.7 Å². The summed E-state index contributed by atoms with van der Waals surface area (Å²) in [5.41, 5.74) is 1.44. The minimum absolute atomic E-state index is 0.0324. The second-order valence-electron chi connectivity index (χ2n) is 6.54. The number of amides is 1. The summed E-state index contributed by atoms with van der Waals surface area (Å²) in [6.45, 7) is 4.59. The van der Waals surface area contributed by atoms with Gasteiger partial charge in [0.2, 0.25) is 0 Å². The standard InChI is InChI=1S/C20H17NO3/c1-13-20(15-10-6-3-7-11-15)18(23-13)16-17(24-20)19(22)21(16)12-14-8-4-2-5-9-14/h2-11,16-18H,1,12H2/t16-,17-,18+,20-/m1/s1. The van der Waals surface area contributed by atoms with Crippen LogP contribution in [-0.2, 0) is 26.4 Å². The molecule has 0 bridgehead atoms. The summed E-state index contributed by atoms with van der Waals surface area (Å²) in [4.78, 5) is 14.4. The first kappa shape index (κ1) is 13.8. The van der Waals surface area contributed by atoms with Gasteiger partial charge >= 0.3 is 0 Å². The lowest BCUT2D eigenvalue weighted by atomic mass is 9.77. The number of rotatable bonds is 3. The quantitative estimate of drug-likeness (QED) is 0.816. The van der Waals surface area contributed by atoms with Crippen LogP contribution in [0.15, 0.2) is 73.0 Å². The van der Waals surface area contributed by atoms with Crippen molar-refractivity contribution >= 4 is 5.91 Å². The maximum Gasteiger partial charge on any atom is 0.254 e. The van der Waals surface area contributed by atoms with E-state index in [1.54, 1.807) is 0 Å². The molecule has 1 amide bonds. The van der Waals surface area contributed by atoms with Crippen molar-refractivity contribution in [1.82, 2.24) is 4.90 Å². The van der Waals surface area contributed by atoms with Crippen molar-refractivity contribution in [2.24, 2.45) is 0 Å². The highest BCUT2D eigenvalue weighted by molar-refractivity contribution is 5.90. The number of hydrogen-bond acceptors (Lipinski definition) is 3. The van der Waals surface area contributed by atoms with Gasteiger partial charge in [-0.15, -0.1) is 0 Å². The fraction of sp³-hybridized carbons (Fsp3) is 0.250. The van der Waals surface area contributed by atoms with Gasteiger partial charge in [-0.2, -0.15) is 0 Å². The van der Waals surface area contributed by atoms with Crippen LogP contribution in [0.3, 0.4) is 0 Å². The lowest BCUT2D eigenvalue weighted by Gasteiger charge is -2.49. The fourth-order valence-electron chi connectivity index (χ4n) is 4.09. The number of nitrogens with zero attached hydrogens (tertiary/aromatic N) is 1. The van der Waals surface area contributed by atoms with Gasteiger partial charge in [0, 0.05) is 6.54 Å². The molecule has 5 rings (SSSR count). The third kappa shape index (κ3) is 1.59. The second-order valence-corrected chi connectivity index (χ2v) is 6.54. The number of likely N-dealkylation sites (tertiary alicyclic amines) is 1. The molecule has 0 N–H and O–H groups in total. The number of carbonyl (C=O) groups is 1. The van der Waals surface area contributed by atoms with Crippen LogP contribution in [0.25, 0.3) is 0 Å². The first-order chi connectivity index (χ1) is 11.7. The molecule has 2 aromatic rings. The fourth-order valence-corrected chi connectivity index (χ4v) is 4.09. The van der Waals surface area contributed by atoms with Gasteiger partial charge < -0.3 is 14.4 Å². The Morgan fingerprint density at radius 1 is 1.04 bits per heavy atom. The Morgan fingerprint density at radius 2 is 1.71 bits per heavy atom. The molecule has 0 aliphatic carbocycles. The molecule has 0 unspecified atom stereocenters. The van der Waals surface area contributed by atoms with Gasteiger partial charge in [-0.3, -0.25) is 4.79 Å². The van der Waals surface area contributed by atoms with E-state index in [-0.39, 0.29) is 18.1 Å². The summed E-state index contributed by atoms with van der Waals surface area (Å²) in [5, 5.41) is 0. The van der Waals surface area contributed by atoms with Crippen molar-refractivity contribution in [2.75, 3.05) is 0 Å². The molecule has 0 radical (unpaired) electrons. The van der Waals surface area contributed by atoms with E-state index in [0.717, 1.165) is 11.1 Å². The summed E-state index contributed by atoms with van der Waals surface area (Å²) in [6.07, 6.45) is -0.614. The molecule has 0 spiro atoms. The predicted molar refractivity (Wildman–Crippen MR) is 87.8 cm³/mol. The molecule has 3 saturated heterocycles. The highest BCUT2D eigenvalue weighted by Gasteiger charge is 2.74. The second kappa shape index (κ2) is 4.71. The zero-order chi connectivity index (χ0) is 16.3. The van der Waals surface area contributed by atoms with Crippen LogP contribution in [0.4, 0.5) is 0 Å². The molecule has 2 aromatic carbocycles. The van der Waals surface area contributed by atoms with E-state index in [1.807, 2.05) is 65.6 Å². The summed E-state index contributed by atoms with van der Waals surface area (Å²) in [6, 6.07) is 19.9. The Hall–Kier alpha value is -2.59. The molecule has 3 heterocycles. The molecule has 0 saturated carbocycles. The van der Waals surface area contributed by atoms with Crippen LogP contribution >= 0.6 is 0 Å². The third-order valence-corrected chi connectivity index (χ3v) is 5.30. The molecular weight excluding hydrogens is 302 g/mol. The largest absolute Gasteiger partial charge is 0.486 e. The Bertz CT molecular complexity index is 819. The average molecular weight is 319 g/mol. The van der Waals surface area contributed by atoms with Crippen LogP contribution < -0.4 is 0 Å². The van der Waals surface area contributed by atoms with Gasteiger partial charge in [0.1, 0.15) is 11.8 Å². The third-order valence-electron chi connectivity index (χ3n) is 5.30. The van der Waals surface area contributed by atoms with Crippen LogP contribution in [0.2, 0.25) is 0 Å². The van der Waals surface area contributed by atoms with Gasteiger partial charge in [0.05, 0.1) is 0 Å². The molecule has 4 nitrogen and oxygen atoms in total. The zero-order valence-corrected chi connectivity index (χ0v) is 13.1. The van der Waals surface area contributed by atoms with Crippen LogP contribution in [0, 0.1) is 0 Å². The minimum atomic E-state index is -0.683. The monoisotopic (exact) mass is 319 g/mol. The van der Waals surface area contributed by atoms with Crippen molar-refractivity contribution in [3.05, 3.63) is 84.1 Å². The van der Waals surface area contributed by atoms with Gasteiger partial charge in [-0.25, -0.2) is 0 Å². The van der Waals surface area contributed by atoms with Crippen molar-refractivity contribution in [3.63, 3.8) is 0 Å². The van der Waals surface area contributed by atoms with Gasteiger partial charge in [-0.05, 0) is 11.1 Å². The first-order valence-corrected chi connectivity index (χ1v) is 8.15. The number of ether oxygens (including phenoxy) is 2. The number of benzene rings is 2. The molecule has 3 aliphatic rings. The lowest BCUT2D eigenvalue weighted by Crippen LogP contribution is -2.67. The lowest BCUT2D eigenvalue weighted by molar-refractivity contribution is -0.175. The molecular formula is C20H17NO3. The average Bonchev–Trinajstić information content (AvgIpc) is 2.87. The maximum absolute atomic E-state index is 12.6. The van der Waals surface area contributed by atoms with Crippen molar-refractivity contribution in [1.29, 1.82) is 0 Å². The normalized spacial score (nSPS) is 33.2. The van der Waals surface area contributed by atoms with Crippen molar-refractivity contribution in [3.8, 4) is 0 Å². The van der Waals surface area contributed by atoms with Crippen LogP contribution in [0.1, 0.15) is 11.1 Å². The number of fused-ring (bicyclic) bond motifs is 3. The maximum atomic E-state index is 12.6. The van der Waals surface area contributed by atoms with Crippen LogP contribution in [-0.4, -0.2) is 29.1 Å². The van der Waals surface area contributed by atoms with E-state index in [1.165, 1.54) is 0 Å². The molecule has 3 aliphatic heterocycles. The molecule has 0 aromatic heterocycles. The number of β-lactam (4-membered cyclic amide) rings is 1. The summed E-state index contributed by atoms with van der Waals surface area (Å²) >= 11 is 0. The SMILES string of the molecule is C=C1O[C@H]2[C@H]3[C@@H](O[C@@]12c1ccccc1)C(=O)N3Cc1ccccc1. The highest BCUT2D eigenvalue weighted by atomic mass is 16.6. The first-order valence-electron chi connectivity index (χ1n) is 8.15. The van der Waals surface area contributed by atoms with E-state index in [9.17, 15) is 4.79 Å². The van der Waals surface area contributed by atoms with E-state index in [0.29, 0.717) is 12.3 Å². The smallest absolute Gasteiger partial charge is 0.254 e. The minimum Gasteiger partial charge on any atom is -0.486 e. The Balaban J connectivity index is 1.47. The van der Waals surface area contributed by atoms with E-state index >= 15 is 0 Å². The predicted octanol–water partition coefficient (Wildman–Crippen LogP) is 2.60. The van der Waals surface area contributed by atoms with Gasteiger partial charge in [0.15, 0.2) is 17.8 Å². The molecule has 4 atom stereocenters. The Kier molecular flexibility index (Phi) is 2.71. The van der Waals surface area contributed by atoms with E-state index in [4.69, 9.17) is 9.47 Å². The van der Waals surface area contributed by atoms with Crippen molar-refractivity contribution < 1.29 is 14.3 Å². The Morgan fingerprint density at radius 3 is 2.38 bits per heavy atom. The summed E-state index contributed by atoms with van der Waals surface area (Å²) in [5.74, 6) is 0.630. The molecule has 3 fully saturated rings. The van der Waals surface area contributed by atoms with Gasteiger partial charge in [-0.1, -0.05) is 67.2 Å². The zero-order valence-electron chi connectivity index (χ0n) is 13.1. The van der Waals surface area contributed by atoms with Crippen molar-refractivity contribution in [2.45, 2.75) is 30.4 Å². The number of carbonyl (C=O) groups excluding carboxylic acids is 1. The van der Waals surface area contributed by atoms with Gasteiger partial charge in [0.25, 0.3) is 5.91 Å². The molecule has 24 heavy (non-hydrogen) atoms. The Labute approximate surface area is 140 Å². The summed E-state index contributed by atoms with van der Waals surface area (Å²) in [7, 11) is 0. The van der Waals surface area contributed by atoms with E-state index in [2.05, 4.69) is 6.58 Å². The highest BCUT2D eigenvalue weighted by Crippen LogP contribution is 2.58. The molecule has 120 valence electrons. The molecule has 4 heteroatoms. The topological polar surface area (TPSA) is 38.8 Å². The van der Waals surface area contributed by atoms with Crippen LogP contribution in [0.5, 0.6) is 0 Å². The summed E-state index contributed by atoms with van der Waals surface area (Å²) < 4.78 is 12.1. The number of hydrogen-bond donors (Lipinski definition) is 0.